The van der Waals surface area contributed by atoms with Gasteiger partial charge in [-0.3, -0.25) is 0 Å². The van der Waals surface area contributed by atoms with Crippen LogP contribution < -0.4 is 20.1 Å². The molecule has 0 aliphatic rings. The van der Waals surface area contributed by atoms with Crippen molar-refractivity contribution >= 4 is 29.9 Å². The van der Waals surface area contributed by atoms with Crippen molar-refractivity contribution in [2.24, 2.45) is 4.99 Å². The molecule has 0 aliphatic carbocycles. The minimum atomic E-state index is 0. The number of halogens is 1. The molecule has 27 heavy (non-hydrogen) atoms. The van der Waals surface area contributed by atoms with Crippen LogP contribution in [0.25, 0.3) is 0 Å². The van der Waals surface area contributed by atoms with Crippen molar-refractivity contribution in [2.75, 3.05) is 20.2 Å². The summed E-state index contributed by atoms with van der Waals surface area (Å²) in [7, 11) is 1.61. The van der Waals surface area contributed by atoms with Crippen LogP contribution in [-0.2, 0) is 6.54 Å². The second kappa shape index (κ2) is 12.4. The fourth-order valence-corrected chi connectivity index (χ4v) is 2.36. The number of nitrogens with zero attached hydrogens (tertiary/aromatic N) is 2. The number of pyridine rings is 1. The van der Waals surface area contributed by atoms with E-state index in [1.165, 1.54) is 0 Å². The molecule has 2 aromatic rings. The lowest BCUT2D eigenvalue weighted by molar-refractivity contribution is 0.222. The number of aryl methyl sites for hydroxylation is 1. The first-order valence-electron chi connectivity index (χ1n) is 8.85. The molecule has 1 aromatic carbocycles. The van der Waals surface area contributed by atoms with E-state index < -0.39 is 0 Å². The summed E-state index contributed by atoms with van der Waals surface area (Å²) in [5.74, 6) is 2.26. The number of rotatable bonds is 8. The van der Waals surface area contributed by atoms with Crippen molar-refractivity contribution in [2.45, 2.75) is 33.4 Å². The highest BCUT2D eigenvalue weighted by Gasteiger charge is 2.07. The molecule has 0 aliphatic heterocycles. The number of benzene rings is 1. The minimum Gasteiger partial charge on any atom is -0.489 e. The third-order valence-electron chi connectivity index (χ3n) is 3.75. The summed E-state index contributed by atoms with van der Waals surface area (Å²) in [5, 5.41) is 6.57. The van der Waals surface area contributed by atoms with Crippen molar-refractivity contribution in [3.05, 3.63) is 53.7 Å². The van der Waals surface area contributed by atoms with Crippen LogP contribution in [0.3, 0.4) is 0 Å². The van der Waals surface area contributed by atoms with Crippen LogP contribution >= 0.6 is 24.0 Å². The highest BCUT2D eigenvalue weighted by atomic mass is 127. The number of hydrogen-bond acceptors (Lipinski definition) is 4. The molecule has 6 nitrogen and oxygen atoms in total. The molecule has 148 valence electrons. The maximum absolute atomic E-state index is 6.00. The van der Waals surface area contributed by atoms with Crippen molar-refractivity contribution in [1.82, 2.24) is 15.6 Å². The summed E-state index contributed by atoms with van der Waals surface area (Å²) in [6, 6.07) is 11.8. The number of para-hydroxylation sites is 1. The normalized spacial score (nSPS) is 11.9. The Morgan fingerprint density at radius 3 is 2.70 bits per heavy atom. The van der Waals surface area contributed by atoms with E-state index in [9.17, 15) is 0 Å². The van der Waals surface area contributed by atoms with Crippen molar-refractivity contribution < 1.29 is 9.47 Å². The predicted octanol–water partition coefficient (Wildman–Crippen LogP) is 3.54. The fraction of sp³-hybridized carbons (Fsp3) is 0.400. The summed E-state index contributed by atoms with van der Waals surface area (Å²) in [5.41, 5.74) is 2.17. The van der Waals surface area contributed by atoms with Gasteiger partial charge in [0.25, 0.3) is 0 Å². The number of ether oxygens (including phenoxy) is 2. The Balaban J connectivity index is 0.00000364. The molecule has 1 atom stereocenters. The highest BCUT2D eigenvalue weighted by molar-refractivity contribution is 14.0. The van der Waals surface area contributed by atoms with E-state index in [0.29, 0.717) is 19.0 Å². The number of methoxy groups -OCH3 is 1. The van der Waals surface area contributed by atoms with Gasteiger partial charge in [-0.1, -0.05) is 18.2 Å². The zero-order valence-corrected chi connectivity index (χ0v) is 18.7. The Morgan fingerprint density at radius 2 is 2.00 bits per heavy atom. The first kappa shape index (κ1) is 23.0. The third kappa shape index (κ3) is 8.03. The smallest absolute Gasteiger partial charge is 0.213 e. The van der Waals surface area contributed by atoms with Gasteiger partial charge in [0, 0.05) is 18.8 Å². The van der Waals surface area contributed by atoms with E-state index in [1.54, 1.807) is 13.3 Å². The average Bonchev–Trinajstić information content (AvgIpc) is 2.66. The fourth-order valence-electron chi connectivity index (χ4n) is 2.36. The lowest BCUT2D eigenvalue weighted by Gasteiger charge is -2.18. The van der Waals surface area contributed by atoms with Gasteiger partial charge in [-0.15, -0.1) is 24.0 Å². The van der Waals surface area contributed by atoms with E-state index in [4.69, 9.17) is 9.47 Å². The summed E-state index contributed by atoms with van der Waals surface area (Å²) in [6.45, 7) is 8.11. The Bertz CT molecular complexity index is 725. The molecule has 1 aromatic heterocycles. The number of hydrogen-bond donors (Lipinski definition) is 2. The van der Waals surface area contributed by atoms with E-state index in [0.717, 1.165) is 29.4 Å². The van der Waals surface area contributed by atoms with E-state index in [-0.39, 0.29) is 30.1 Å². The maximum atomic E-state index is 6.00. The molecule has 2 N–H and O–H groups in total. The van der Waals surface area contributed by atoms with Crippen molar-refractivity contribution in [3.8, 4) is 11.6 Å². The van der Waals surface area contributed by atoms with Gasteiger partial charge in [0.2, 0.25) is 5.88 Å². The van der Waals surface area contributed by atoms with Gasteiger partial charge in [0.1, 0.15) is 11.9 Å². The molecule has 0 saturated carbocycles. The lowest BCUT2D eigenvalue weighted by atomic mass is 10.2. The molecule has 0 spiro atoms. The third-order valence-corrected chi connectivity index (χ3v) is 3.75. The number of nitrogens with one attached hydrogen (secondary N) is 2. The SMILES string of the molecule is CCNC(=NCc1ccnc(OC)c1)NCC(C)Oc1ccccc1C.I. The summed E-state index contributed by atoms with van der Waals surface area (Å²) < 4.78 is 11.1. The van der Waals surface area contributed by atoms with Crippen molar-refractivity contribution in [1.29, 1.82) is 0 Å². The number of aromatic nitrogens is 1. The topological polar surface area (TPSA) is 67.8 Å². The second-order valence-electron chi connectivity index (χ2n) is 5.98. The molecular weight excluding hydrogens is 455 g/mol. The van der Waals surface area contributed by atoms with Gasteiger partial charge in [0.15, 0.2) is 5.96 Å². The largest absolute Gasteiger partial charge is 0.489 e. The predicted molar refractivity (Wildman–Crippen MR) is 120 cm³/mol. The van der Waals surface area contributed by atoms with Crippen LogP contribution in [0, 0.1) is 6.92 Å². The van der Waals surface area contributed by atoms with Crippen LogP contribution in [0.1, 0.15) is 25.0 Å². The Labute approximate surface area is 178 Å². The summed E-state index contributed by atoms with van der Waals surface area (Å²) in [4.78, 5) is 8.72. The average molecular weight is 484 g/mol. The standard InChI is InChI=1S/C20H28N4O2.HI/c1-5-21-20(24-14-17-10-11-22-19(12-17)25-4)23-13-16(3)26-18-9-7-6-8-15(18)2;/h6-12,16H,5,13-14H2,1-4H3,(H2,21,23,24);1H. The first-order valence-corrected chi connectivity index (χ1v) is 8.85. The molecule has 0 saturated heterocycles. The Kier molecular flexibility index (Phi) is 10.5. The zero-order valence-electron chi connectivity index (χ0n) is 16.4. The Morgan fingerprint density at radius 1 is 1.22 bits per heavy atom. The van der Waals surface area contributed by atoms with E-state index >= 15 is 0 Å². The quantitative estimate of drug-likeness (QED) is 0.341. The summed E-state index contributed by atoms with van der Waals surface area (Å²) in [6.07, 6.45) is 1.74. The van der Waals surface area contributed by atoms with Crippen LogP contribution in [-0.4, -0.2) is 37.2 Å². The molecule has 0 amide bonds. The molecule has 0 bridgehead atoms. The van der Waals surface area contributed by atoms with E-state index in [2.05, 4.69) is 20.6 Å². The number of aliphatic imine (C=N–C) groups is 1. The molecular formula is C20H29IN4O2. The molecule has 2 rings (SSSR count). The van der Waals surface area contributed by atoms with Gasteiger partial charge < -0.3 is 20.1 Å². The first-order chi connectivity index (χ1) is 12.6. The second-order valence-corrected chi connectivity index (χ2v) is 5.98. The van der Waals surface area contributed by atoms with Crippen molar-refractivity contribution in [3.63, 3.8) is 0 Å². The van der Waals surface area contributed by atoms with Gasteiger partial charge in [-0.05, 0) is 44.0 Å². The van der Waals surface area contributed by atoms with Crippen LogP contribution in [0.5, 0.6) is 11.6 Å². The van der Waals surface area contributed by atoms with Gasteiger partial charge in [-0.2, -0.15) is 0 Å². The van der Waals surface area contributed by atoms with Gasteiger partial charge in [-0.25, -0.2) is 9.98 Å². The van der Waals surface area contributed by atoms with Crippen LogP contribution in [0.2, 0.25) is 0 Å². The molecule has 1 heterocycles. The molecule has 0 radical (unpaired) electrons. The Hall–Kier alpha value is -2.03. The minimum absolute atomic E-state index is 0. The highest BCUT2D eigenvalue weighted by Crippen LogP contribution is 2.17. The lowest BCUT2D eigenvalue weighted by Crippen LogP contribution is -2.41. The summed E-state index contributed by atoms with van der Waals surface area (Å²) >= 11 is 0. The van der Waals surface area contributed by atoms with Crippen LogP contribution in [0.4, 0.5) is 0 Å². The monoisotopic (exact) mass is 484 g/mol. The number of guanidine groups is 1. The zero-order chi connectivity index (χ0) is 18.8. The van der Waals surface area contributed by atoms with Gasteiger partial charge in [0.05, 0.1) is 20.2 Å². The molecule has 1 unspecified atom stereocenters. The molecule has 7 heteroatoms. The van der Waals surface area contributed by atoms with Crippen LogP contribution in [0.15, 0.2) is 47.6 Å². The maximum Gasteiger partial charge on any atom is 0.213 e. The molecule has 0 fully saturated rings. The van der Waals surface area contributed by atoms with E-state index in [1.807, 2.05) is 57.2 Å². The van der Waals surface area contributed by atoms with Gasteiger partial charge >= 0.3 is 0 Å².